The van der Waals surface area contributed by atoms with Gasteiger partial charge in [-0.15, -0.1) is 0 Å². The van der Waals surface area contributed by atoms with Crippen LogP contribution in [-0.4, -0.2) is 0 Å². The third kappa shape index (κ3) is 3.08. The Bertz CT molecular complexity index is 904. The van der Waals surface area contributed by atoms with Crippen LogP contribution >= 0.6 is 0 Å². The molecule has 0 spiro atoms. The predicted molar refractivity (Wildman–Crippen MR) is 103 cm³/mol. The highest BCUT2D eigenvalue weighted by Gasteiger charge is 2.18. The second-order valence-electron chi connectivity index (χ2n) is 7.55. The van der Waals surface area contributed by atoms with E-state index < -0.39 is 0 Å². The lowest BCUT2D eigenvalue weighted by Crippen LogP contribution is -2.30. The summed E-state index contributed by atoms with van der Waals surface area (Å²) in [6.07, 6.45) is 3.32. The minimum absolute atomic E-state index is 0.684. The highest BCUT2D eigenvalue weighted by Crippen LogP contribution is 2.31. The molecule has 124 valence electrons. The molecule has 24 heavy (non-hydrogen) atoms. The molecule has 0 aliphatic carbocycles. The van der Waals surface area contributed by atoms with Gasteiger partial charge in [0, 0.05) is 6.07 Å². The van der Waals surface area contributed by atoms with Gasteiger partial charge in [0.1, 0.15) is 7.05 Å². The van der Waals surface area contributed by atoms with Crippen molar-refractivity contribution in [3.05, 3.63) is 64.8 Å². The highest BCUT2D eigenvalue weighted by atomic mass is 14.9. The first-order chi connectivity index (χ1) is 11.4. The lowest BCUT2D eigenvalue weighted by atomic mass is 9.93. The summed E-state index contributed by atoms with van der Waals surface area (Å²) in [4.78, 5) is 0. The van der Waals surface area contributed by atoms with Gasteiger partial charge in [-0.1, -0.05) is 37.6 Å². The molecule has 0 bridgehead atoms. The fourth-order valence-corrected chi connectivity index (χ4v) is 3.64. The fourth-order valence-electron chi connectivity index (χ4n) is 3.64. The molecule has 2 aromatic carbocycles. The Kier molecular flexibility index (Phi) is 4.45. The first kappa shape index (κ1) is 16.7. The third-order valence-corrected chi connectivity index (χ3v) is 4.91. The number of hydrogen-bond acceptors (Lipinski definition) is 0. The topological polar surface area (TPSA) is 3.88 Å². The summed E-state index contributed by atoms with van der Waals surface area (Å²) in [7, 11) is 2.15. The smallest absolute Gasteiger partial charge is 0.200 e. The summed E-state index contributed by atoms with van der Waals surface area (Å²) in [5.41, 5.74) is 8.13. The second kappa shape index (κ2) is 6.39. The van der Waals surface area contributed by atoms with E-state index in [0.717, 1.165) is 6.42 Å². The lowest BCUT2D eigenvalue weighted by Gasteiger charge is -2.12. The van der Waals surface area contributed by atoms with Crippen LogP contribution in [-0.2, 0) is 13.5 Å². The zero-order chi connectivity index (χ0) is 17.4. The van der Waals surface area contributed by atoms with E-state index >= 15 is 0 Å². The molecule has 0 atom stereocenters. The van der Waals surface area contributed by atoms with Crippen LogP contribution in [0, 0.1) is 26.7 Å². The molecule has 3 aromatic rings. The molecule has 3 rings (SSSR count). The van der Waals surface area contributed by atoms with Crippen LogP contribution in [0.5, 0.6) is 0 Å². The minimum Gasteiger partial charge on any atom is -0.200 e. The number of nitrogens with zero attached hydrogens (tertiary/aromatic N) is 1. The Balaban J connectivity index is 2.26. The molecule has 0 unspecified atom stereocenters. The van der Waals surface area contributed by atoms with Gasteiger partial charge in [0.2, 0.25) is 5.69 Å². The van der Waals surface area contributed by atoms with Gasteiger partial charge in [0.25, 0.3) is 0 Å². The molecule has 0 radical (unpaired) electrons. The van der Waals surface area contributed by atoms with Crippen molar-refractivity contribution < 1.29 is 4.57 Å². The molecule has 0 saturated carbocycles. The van der Waals surface area contributed by atoms with Gasteiger partial charge in [0.15, 0.2) is 6.20 Å². The van der Waals surface area contributed by atoms with E-state index in [0.29, 0.717) is 5.92 Å². The van der Waals surface area contributed by atoms with Crippen molar-refractivity contribution in [1.29, 1.82) is 0 Å². The average molecular weight is 318 g/mol. The Morgan fingerprint density at radius 2 is 1.71 bits per heavy atom. The molecule has 0 saturated heterocycles. The number of pyridine rings is 1. The van der Waals surface area contributed by atoms with E-state index in [1.165, 1.54) is 44.3 Å². The van der Waals surface area contributed by atoms with Crippen LogP contribution in [0.25, 0.3) is 22.0 Å². The fraction of sp³-hybridized carbons (Fsp3) is 0.348. The molecule has 1 heterocycles. The number of benzene rings is 2. The molecule has 1 heteroatoms. The monoisotopic (exact) mass is 318 g/mol. The third-order valence-electron chi connectivity index (χ3n) is 4.91. The Morgan fingerprint density at radius 1 is 0.958 bits per heavy atom. The van der Waals surface area contributed by atoms with Crippen LogP contribution in [0.2, 0.25) is 0 Å². The Labute approximate surface area is 146 Å². The SMILES string of the molecule is Cc1cc(C)c(C)c(-c2c3ccc(CC(C)C)cc3cc[n+]2C)c1. The van der Waals surface area contributed by atoms with E-state index in [1.54, 1.807) is 0 Å². The van der Waals surface area contributed by atoms with Gasteiger partial charge in [-0.3, -0.25) is 0 Å². The summed E-state index contributed by atoms with van der Waals surface area (Å²) in [5.74, 6) is 0.684. The van der Waals surface area contributed by atoms with Crippen molar-refractivity contribution in [3.8, 4) is 11.3 Å². The number of aromatic nitrogens is 1. The van der Waals surface area contributed by atoms with Gasteiger partial charge in [-0.2, -0.15) is 0 Å². The maximum atomic E-state index is 2.36. The molecule has 0 aliphatic heterocycles. The van der Waals surface area contributed by atoms with Crippen molar-refractivity contribution in [3.63, 3.8) is 0 Å². The summed E-state index contributed by atoms with van der Waals surface area (Å²) in [6, 6.07) is 13.8. The van der Waals surface area contributed by atoms with Gasteiger partial charge in [-0.25, -0.2) is 4.57 Å². The molecule has 0 aliphatic rings. The maximum absolute atomic E-state index is 2.36. The summed E-state index contributed by atoms with van der Waals surface area (Å²) in [5, 5.41) is 2.67. The Hall–Kier alpha value is -2.15. The van der Waals surface area contributed by atoms with E-state index in [4.69, 9.17) is 0 Å². The maximum Gasteiger partial charge on any atom is 0.220 e. The quantitative estimate of drug-likeness (QED) is 0.565. The average Bonchev–Trinajstić information content (AvgIpc) is 2.51. The van der Waals surface area contributed by atoms with Crippen LogP contribution in [0.1, 0.15) is 36.1 Å². The number of rotatable bonds is 3. The van der Waals surface area contributed by atoms with Crippen LogP contribution in [0.4, 0.5) is 0 Å². The van der Waals surface area contributed by atoms with Gasteiger partial charge in [-0.05, 0) is 67.3 Å². The summed E-state index contributed by atoms with van der Waals surface area (Å²) >= 11 is 0. The predicted octanol–water partition coefficient (Wildman–Crippen LogP) is 5.46. The normalized spacial score (nSPS) is 11.5. The lowest BCUT2D eigenvalue weighted by molar-refractivity contribution is -0.659. The van der Waals surface area contributed by atoms with Gasteiger partial charge < -0.3 is 0 Å². The second-order valence-corrected chi connectivity index (χ2v) is 7.55. The highest BCUT2D eigenvalue weighted by molar-refractivity contribution is 5.94. The minimum atomic E-state index is 0.684. The zero-order valence-electron chi connectivity index (χ0n) is 15.8. The first-order valence-corrected chi connectivity index (χ1v) is 8.86. The van der Waals surface area contributed by atoms with Crippen molar-refractivity contribution in [2.75, 3.05) is 0 Å². The largest absolute Gasteiger partial charge is 0.220 e. The first-order valence-electron chi connectivity index (χ1n) is 8.86. The van der Waals surface area contributed by atoms with Crippen molar-refractivity contribution in [2.45, 2.75) is 41.0 Å². The van der Waals surface area contributed by atoms with Gasteiger partial charge in [0.05, 0.1) is 10.9 Å². The van der Waals surface area contributed by atoms with Crippen LogP contribution in [0.15, 0.2) is 42.6 Å². The molecule has 0 fully saturated rings. The molecular formula is C23H28N+. The van der Waals surface area contributed by atoms with E-state index in [-0.39, 0.29) is 0 Å². The molecule has 0 amide bonds. The standard InChI is InChI=1S/C23H28N/c1-15(2)11-19-7-8-21-20(14-19)9-10-24(6)23(21)22-13-16(3)12-17(4)18(22)5/h7-10,12-15H,11H2,1-6H3/q+1. The summed E-state index contributed by atoms with van der Waals surface area (Å²) < 4.78 is 2.26. The van der Waals surface area contributed by atoms with Crippen molar-refractivity contribution >= 4 is 10.8 Å². The van der Waals surface area contributed by atoms with E-state index in [2.05, 4.69) is 88.8 Å². The van der Waals surface area contributed by atoms with Crippen molar-refractivity contribution in [1.82, 2.24) is 0 Å². The molecular weight excluding hydrogens is 290 g/mol. The Morgan fingerprint density at radius 3 is 2.42 bits per heavy atom. The van der Waals surface area contributed by atoms with Crippen LogP contribution in [0.3, 0.4) is 0 Å². The number of aryl methyl sites for hydroxylation is 3. The number of hydrogen-bond donors (Lipinski definition) is 0. The summed E-state index contributed by atoms with van der Waals surface area (Å²) in [6.45, 7) is 11.2. The zero-order valence-corrected chi connectivity index (χ0v) is 15.8. The molecule has 1 nitrogen and oxygen atoms in total. The van der Waals surface area contributed by atoms with Crippen LogP contribution < -0.4 is 4.57 Å². The number of fused-ring (bicyclic) bond motifs is 1. The van der Waals surface area contributed by atoms with Gasteiger partial charge >= 0.3 is 0 Å². The van der Waals surface area contributed by atoms with Crippen molar-refractivity contribution in [2.24, 2.45) is 13.0 Å². The molecule has 1 aromatic heterocycles. The molecule has 0 N–H and O–H groups in total. The van der Waals surface area contributed by atoms with E-state index in [1.807, 2.05) is 0 Å². The van der Waals surface area contributed by atoms with E-state index in [9.17, 15) is 0 Å².